The monoisotopic (exact) mass is 599 g/mol. The molecular formula is C30H37Cl2N3NiO2. The van der Waals surface area contributed by atoms with Crippen molar-refractivity contribution in [3.63, 3.8) is 0 Å². The number of rotatable bonds is 4. The number of halogens is 2. The van der Waals surface area contributed by atoms with Crippen LogP contribution in [0.5, 0.6) is 11.5 Å². The van der Waals surface area contributed by atoms with E-state index in [1.54, 1.807) is 12.4 Å². The second-order valence-corrected chi connectivity index (χ2v) is 11.7. The zero-order chi connectivity index (χ0) is 28.1. The molecule has 0 spiro atoms. The Morgan fingerprint density at radius 3 is 1.53 bits per heavy atom. The van der Waals surface area contributed by atoms with Crippen LogP contribution in [0.1, 0.15) is 90.4 Å². The average molecular weight is 601 g/mol. The molecule has 2 aromatic carbocycles. The van der Waals surface area contributed by atoms with Crippen LogP contribution >= 0.6 is 23.2 Å². The standard InChI is InChI=1S/C16H19N3.C14H20Cl2O2.Ni/c1-4-13-8-6-9-14(5-2)15(13)19-12(3)16-17-10-7-11-18-16;1-13(2,3)7-9(15)10(16)8(14(4,5)6)12(18)11(7)17;/h6-11H,4-5H2,1-3H3;17-18H,1-6H3;/q;;+2/p-2. The molecule has 0 aliphatic heterocycles. The quantitative estimate of drug-likeness (QED) is 0.230. The van der Waals surface area contributed by atoms with Crippen LogP contribution in [-0.4, -0.2) is 15.7 Å². The Kier molecular flexibility index (Phi) is 12.3. The van der Waals surface area contributed by atoms with E-state index < -0.39 is 22.3 Å². The molecule has 0 aliphatic carbocycles. The molecule has 0 amide bonds. The molecular weight excluding hydrogens is 564 g/mol. The topological polar surface area (TPSA) is 84.3 Å². The Morgan fingerprint density at radius 1 is 0.789 bits per heavy atom. The summed E-state index contributed by atoms with van der Waals surface area (Å²) in [6.07, 6.45) is 5.45. The van der Waals surface area contributed by atoms with Gasteiger partial charge in [-0.3, -0.25) is 0 Å². The maximum absolute atomic E-state index is 12.2. The van der Waals surface area contributed by atoms with Crippen LogP contribution in [0.15, 0.2) is 41.7 Å². The Balaban J connectivity index is 0.000000371. The van der Waals surface area contributed by atoms with Crippen molar-refractivity contribution in [3.05, 3.63) is 74.8 Å². The van der Waals surface area contributed by atoms with Crippen molar-refractivity contribution in [3.8, 4) is 11.5 Å². The molecule has 0 saturated heterocycles. The Morgan fingerprint density at radius 2 is 1.18 bits per heavy atom. The maximum atomic E-state index is 12.2. The third-order valence-electron chi connectivity index (χ3n) is 5.93. The summed E-state index contributed by atoms with van der Waals surface area (Å²) < 4.78 is 0. The van der Waals surface area contributed by atoms with Crippen molar-refractivity contribution >= 4 is 34.6 Å². The first-order valence-electron chi connectivity index (χ1n) is 12.5. The number of aryl methyl sites for hydroxylation is 2. The van der Waals surface area contributed by atoms with E-state index in [9.17, 15) is 10.2 Å². The van der Waals surface area contributed by atoms with Crippen molar-refractivity contribution in [2.45, 2.75) is 86.0 Å². The summed E-state index contributed by atoms with van der Waals surface area (Å²) in [6, 6.07) is 8.19. The van der Waals surface area contributed by atoms with E-state index in [0.717, 1.165) is 24.2 Å². The van der Waals surface area contributed by atoms with Crippen molar-refractivity contribution in [1.82, 2.24) is 9.97 Å². The number of hydrogen-bond donors (Lipinski definition) is 0. The van der Waals surface area contributed by atoms with Crippen LogP contribution in [0.4, 0.5) is 5.69 Å². The molecule has 5 nitrogen and oxygen atoms in total. The summed E-state index contributed by atoms with van der Waals surface area (Å²) in [7, 11) is 0. The molecule has 0 bridgehead atoms. The fourth-order valence-electron chi connectivity index (χ4n) is 4.05. The molecule has 0 radical (unpaired) electrons. The zero-order valence-corrected chi connectivity index (χ0v) is 26.1. The summed E-state index contributed by atoms with van der Waals surface area (Å²) in [5.41, 5.74) is 4.07. The van der Waals surface area contributed by atoms with Crippen LogP contribution in [-0.2, 0) is 40.2 Å². The molecule has 8 heteroatoms. The van der Waals surface area contributed by atoms with Gasteiger partial charge in [-0.15, -0.1) is 11.5 Å². The van der Waals surface area contributed by atoms with Crippen molar-refractivity contribution in [1.29, 1.82) is 0 Å². The molecule has 0 atom stereocenters. The number of aromatic nitrogens is 2. The zero-order valence-electron chi connectivity index (χ0n) is 23.6. The van der Waals surface area contributed by atoms with Crippen LogP contribution in [0.2, 0.25) is 10.0 Å². The minimum Gasteiger partial charge on any atom is -0.873 e. The molecule has 0 aliphatic rings. The molecule has 0 unspecified atom stereocenters. The first kappa shape index (κ1) is 33.9. The molecule has 208 valence electrons. The predicted octanol–water partition coefficient (Wildman–Crippen LogP) is 7.48. The summed E-state index contributed by atoms with van der Waals surface area (Å²) >= 11 is 12.4. The number of hydrogen-bond acceptors (Lipinski definition) is 5. The maximum Gasteiger partial charge on any atom is 2.00 e. The number of benzene rings is 2. The second-order valence-electron chi connectivity index (χ2n) is 10.9. The molecule has 3 aromatic rings. The third kappa shape index (κ3) is 7.94. The molecule has 0 N–H and O–H groups in total. The largest absolute Gasteiger partial charge is 2.00 e. The fourth-order valence-corrected chi connectivity index (χ4v) is 4.98. The number of nitrogens with zero attached hydrogens (tertiary/aromatic N) is 3. The van der Waals surface area contributed by atoms with Gasteiger partial charge in [0.2, 0.25) is 0 Å². The predicted molar refractivity (Wildman–Crippen MR) is 152 cm³/mol. The van der Waals surface area contributed by atoms with Crippen LogP contribution in [0.3, 0.4) is 0 Å². The molecule has 3 rings (SSSR count). The summed E-state index contributed by atoms with van der Waals surface area (Å²) in [5.74, 6) is -0.390. The van der Waals surface area contributed by atoms with E-state index in [4.69, 9.17) is 28.2 Å². The van der Waals surface area contributed by atoms with Gasteiger partial charge in [-0.1, -0.05) is 96.8 Å². The van der Waals surface area contributed by atoms with E-state index in [0.29, 0.717) is 17.0 Å². The first-order chi connectivity index (χ1) is 17.1. The van der Waals surface area contributed by atoms with E-state index in [2.05, 4.69) is 42.0 Å². The van der Waals surface area contributed by atoms with Crippen LogP contribution in [0.25, 0.3) is 0 Å². The van der Waals surface area contributed by atoms with Gasteiger partial charge in [-0.05, 0) is 58.9 Å². The minimum absolute atomic E-state index is 0. The van der Waals surface area contributed by atoms with E-state index in [-0.39, 0.29) is 26.5 Å². The number of para-hydroxylation sites is 1. The molecule has 0 fully saturated rings. The van der Waals surface area contributed by atoms with E-state index >= 15 is 0 Å². The summed E-state index contributed by atoms with van der Waals surface area (Å²) in [4.78, 5) is 13.3. The van der Waals surface area contributed by atoms with Gasteiger partial charge in [0.15, 0.2) is 5.82 Å². The third-order valence-corrected chi connectivity index (χ3v) is 6.78. The van der Waals surface area contributed by atoms with Crippen molar-refractivity contribution in [2.24, 2.45) is 4.99 Å². The Labute approximate surface area is 247 Å². The van der Waals surface area contributed by atoms with Crippen molar-refractivity contribution in [2.75, 3.05) is 0 Å². The van der Waals surface area contributed by atoms with E-state index in [1.165, 1.54) is 11.1 Å². The second kappa shape index (κ2) is 13.8. The molecule has 0 saturated carbocycles. The molecule has 1 aromatic heterocycles. The SMILES string of the molecule is CC(C)(C)c1c([O-])c([O-])c(C(C)(C)C)c(Cl)c1Cl.CCc1cccc(CC)c1N=C(C)c1ncccn1.[Ni+2]. The minimum atomic E-state index is -0.540. The van der Waals surface area contributed by atoms with Gasteiger partial charge in [0, 0.05) is 12.4 Å². The van der Waals surface area contributed by atoms with Crippen molar-refractivity contribution < 1.29 is 26.7 Å². The Bertz CT molecular complexity index is 1170. The smallest absolute Gasteiger partial charge is 0.873 e. The fraction of sp³-hybridized carbons (Fsp3) is 0.433. The average Bonchev–Trinajstić information content (AvgIpc) is 2.82. The van der Waals surface area contributed by atoms with Gasteiger partial charge < -0.3 is 10.2 Å². The van der Waals surface area contributed by atoms with Crippen LogP contribution in [0, 0.1) is 0 Å². The van der Waals surface area contributed by atoms with E-state index in [1.807, 2.05) is 54.5 Å². The molecule has 38 heavy (non-hydrogen) atoms. The van der Waals surface area contributed by atoms with Gasteiger partial charge in [-0.2, -0.15) is 0 Å². The normalized spacial score (nSPS) is 11.9. The van der Waals surface area contributed by atoms with Gasteiger partial charge in [0.1, 0.15) is 0 Å². The van der Waals surface area contributed by atoms with Gasteiger partial charge in [0.05, 0.1) is 21.4 Å². The first-order valence-corrected chi connectivity index (χ1v) is 13.2. The van der Waals surface area contributed by atoms with Gasteiger partial charge in [-0.25, -0.2) is 15.0 Å². The number of aliphatic imine (C=N–C) groups is 1. The summed E-state index contributed by atoms with van der Waals surface area (Å²) in [5, 5.41) is 24.8. The summed E-state index contributed by atoms with van der Waals surface area (Å²) in [6.45, 7) is 17.3. The van der Waals surface area contributed by atoms with Gasteiger partial charge in [0.25, 0.3) is 0 Å². The van der Waals surface area contributed by atoms with Crippen LogP contribution < -0.4 is 10.2 Å². The Hall–Kier alpha value is -2.14. The van der Waals surface area contributed by atoms with Gasteiger partial charge >= 0.3 is 16.5 Å². The molecule has 1 heterocycles.